The molecule has 0 aliphatic carbocycles. The molecule has 2 N–H and O–H groups in total. The number of carbonyl (C=O) groups is 1. The zero-order valence-electron chi connectivity index (χ0n) is 8.75. The smallest absolute Gasteiger partial charge is 0.242 e. The zero-order valence-corrected chi connectivity index (χ0v) is 8.75. The number of hydrogen-bond donors (Lipinski definition) is 2. The lowest BCUT2D eigenvalue weighted by Crippen LogP contribution is -2.43. The Hall–Kier alpha value is -1.36. The number of nitrogens with one attached hydrogen (secondary N) is 2. The lowest BCUT2D eigenvalue weighted by molar-refractivity contribution is -0.118. The minimum Gasteiger partial charge on any atom is -0.360 e. The van der Waals surface area contributed by atoms with Crippen LogP contribution in [-0.2, 0) is 4.79 Å². The number of nitrogens with zero attached hydrogens (tertiary/aromatic N) is 1. The van der Waals surface area contributed by atoms with E-state index in [1.807, 2.05) is 0 Å². The van der Waals surface area contributed by atoms with Crippen molar-refractivity contribution in [2.75, 3.05) is 11.9 Å². The number of piperidine rings is 1. The lowest BCUT2D eigenvalue weighted by atomic mass is 10.0. The molecule has 0 saturated carbocycles. The highest BCUT2D eigenvalue weighted by atomic mass is 16.5. The minimum absolute atomic E-state index is 0.0250. The summed E-state index contributed by atoms with van der Waals surface area (Å²) in [6.07, 6.45) is 3.14. The third kappa shape index (κ3) is 2.56. The number of aromatic nitrogens is 1. The third-order valence-electron chi connectivity index (χ3n) is 2.51. The number of hydrogen-bond acceptors (Lipinski definition) is 4. The summed E-state index contributed by atoms with van der Waals surface area (Å²) < 4.78 is 4.87. The number of rotatable bonds is 2. The second-order valence-electron chi connectivity index (χ2n) is 3.81. The molecule has 1 aliphatic rings. The summed E-state index contributed by atoms with van der Waals surface area (Å²) in [6.45, 7) is 2.71. The van der Waals surface area contributed by atoms with Crippen molar-refractivity contribution < 1.29 is 9.32 Å². The van der Waals surface area contributed by atoms with Crippen LogP contribution >= 0.6 is 0 Å². The number of carbonyl (C=O) groups excluding carboxylic acids is 1. The Morgan fingerprint density at radius 1 is 1.67 bits per heavy atom. The van der Waals surface area contributed by atoms with Gasteiger partial charge in [-0.1, -0.05) is 11.6 Å². The molecule has 0 radical (unpaired) electrons. The van der Waals surface area contributed by atoms with Gasteiger partial charge >= 0.3 is 0 Å². The number of amides is 1. The molecule has 1 saturated heterocycles. The second kappa shape index (κ2) is 4.44. The van der Waals surface area contributed by atoms with Crippen LogP contribution in [0.4, 0.5) is 5.82 Å². The minimum atomic E-state index is -0.0873. The van der Waals surface area contributed by atoms with E-state index >= 15 is 0 Å². The molecule has 1 aromatic rings. The van der Waals surface area contributed by atoms with Gasteiger partial charge < -0.3 is 15.2 Å². The Morgan fingerprint density at radius 2 is 2.53 bits per heavy atom. The molecule has 2 heterocycles. The Balaban J connectivity index is 1.91. The van der Waals surface area contributed by atoms with Gasteiger partial charge in [0.1, 0.15) is 5.76 Å². The lowest BCUT2D eigenvalue weighted by Gasteiger charge is -2.21. The van der Waals surface area contributed by atoms with E-state index in [-0.39, 0.29) is 11.9 Å². The summed E-state index contributed by atoms with van der Waals surface area (Å²) >= 11 is 0. The van der Waals surface area contributed by atoms with E-state index in [2.05, 4.69) is 15.8 Å². The predicted molar refractivity (Wildman–Crippen MR) is 55.5 cm³/mol. The predicted octanol–water partition coefficient (Wildman–Crippen LogP) is 1.06. The van der Waals surface area contributed by atoms with E-state index in [1.165, 1.54) is 0 Å². The standard InChI is InChI=1S/C10H15N3O2/c1-7-6-9(13-15-7)12-10(14)8-4-2-3-5-11-8/h6,8,11H,2-5H2,1H3,(H,12,13,14)/t8-/m1/s1. The first-order valence-corrected chi connectivity index (χ1v) is 5.23. The van der Waals surface area contributed by atoms with Crippen molar-refractivity contribution in [2.24, 2.45) is 0 Å². The van der Waals surface area contributed by atoms with Gasteiger partial charge in [0.2, 0.25) is 5.91 Å². The fourth-order valence-corrected chi connectivity index (χ4v) is 1.71. The Morgan fingerprint density at radius 3 is 3.13 bits per heavy atom. The SMILES string of the molecule is Cc1cc(NC(=O)[C@H]2CCCCN2)no1. The summed E-state index contributed by atoms with van der Waals surface area (Å²) in [6, 6.07) is 1.62. The molecular formula is C10H15N3O2. The zero-order chi connectivity index (χ0) is 10.7. The fraction of sp³-hybridized carbons (Fsp3) is 0.600. The molecule has 0 spiro atoms. The molecule has 1 atom stereocenters. The van der Waals surface area contributed by atoms with Gasteiger partial charge in [0.05, 0.1) is 6.04 Å². The summed E-state index contributed by atoms with van der Waals surface area (Å²) in [5.41, 5.74) is 0. The van der Waals surface area contributed by atoms with Crippen molar-refractivity contribution in [3.8, 4) is 0 Å². The van der Waals surface area contributed by atoms with Crippen molar-refractivity contribution in [3.05, 3.63) is 11.8 Å². The van der Waals surface area contributed by atoms with E-state index in [0.29, 0.717) is 11.6 Å². The normalized spacial score (nSPS) is 21.3. The second-order valence-corrected chi connectivity index (χ2v) is 3.81. The summed E-state index contributed by atoms with van der Waals surface area (Å²) in [7, 11) is 0. The average molecular weight is 209 g/mol. The van der Waals surface area contributed by atoms with Crippen LogP contribution in [0.5, 0.6) is 0 Å². The maximum Gasteiger partial charge on any atom is 0.242 e. The van der Waals surface area contributed by atoms with Crippen molar-refractivity contribution in [2.45, 2.75) is 32.2 Å². The molecule has 5 heteroatoms. The van der Waals surface area contributed by atoms with Gasteiger partial charge in [-0.3, -0.25) is 4.79 Å². The van der Waals surface area contributed by atoms with Gasteiger partial charge in [0.25, 0.3) is 0 Å². The topological polar surface area (TPSA) is 67.2 Å². The van der Waals surface area contributed by atoms with Gasteiger partial charge in [0.15, 0.2) is 5.82 Å². The van der Waals surface area contributed by atoms with Crippen LogP contribution in [0.15, 0.2) is 10.6 Å². The highest BCUT2D eigenvalue weighted by molar-refractivity contribution is 5.94. The van der Waals surface area contributed by atoms with Crippen LogP contribution < -0.4 is 10.6 Å². The van der Waals surface area contributed by atoms with E-state index in [0.717, 1.165) is 25.8 Å². The molecule has 2 rings (SSSR count). The van der Waals surface area contributed by atoms with Gasteiger partial charge in [0, 0.05) is 6.07 Å². The quantitative estimate of drug-likeness (QED) is 0.764. The van der Waals surface area contributed by atoms with Gasteiger partial charge in [-0.05, 0) is 26.3 Å². The van der Waals surface area contributed by atoms with Gasteiger partial charge in [-0.25, -0.2) is 0 Å². The molecule has 1 aromatic heterocycles. The maximum atomic E-state index is 11.7. The summed E-state index contributed by atoms with van der Waals surface area (Å²) in [5.74, 6) is 1.16. The van der Waals surface area contributed by atoms with Gasteiger partial charge in [-0.2, -0.15) is 0 Å². The molecule has 15 heavy (non-hydrogen) atoms. The van der Waals surface area contributed by atoms with E-state index in [1.54, 1.807) is 13.0 Å². The number of anilines is 1. The third-order valence-corrected chi connectivity index (χ3v) is 2.51. The monoisotopic (exact) mass is 209 g/mol. The largest absolute Gasteiger partial charge is 0.360 e. The molecule has 0 unspecified atom stereocenters. The van der Waals surface area contributed by atoms with Crippen LogP contribution in [0.1, 0.15) is 25.0 Å². The molecule has 1 fully saturated rings. The fourth-order valence-electron chi connectivity index (χ4n) is 1.71. The number of aryl methyl sites for hydroxylation is 1. The molecule has 0 aromatic carbocycles. The van der Waals surface area contributed by atoms with E-state index < -0.39 is 0 Å². The Kier molecular flexibility index (Phi) is 3.01. The molecule has 1 amide bonds. The van der Waals surface area contributed by atoms with Crippen LogP contribution in [0.25, 0.3) is 0 Å². The molecule has 5 nitrogen and oxygen atoms in total. The maximum absolute atomic E-state index is 11.7. The Labute approximate surface area is 88.2 Å². The highest BCUT2D eigenvalue weighted by Crippen LogP contribution is 2.11. The van der Waals surface area contributed by atoms with Crippen LogP contribution in [-0.4, -0.2) is 23.7 Å². The van der Waals surface area contributed by atoms with E-state index in [4.69, 9.17) is 4.52 Å². The average Bonchev–Trinajstić information content (AvgIpc) is 2.65. The van der Waals surface area contributed by atoms with Crippen molar-refractivity contribution in [3.63, 3.8) is 0 Å². The van der Waals surface area contributed by atoms with Crippen LogP contribution in [0.2, 0.25) is 0 Å². The van der Waals surface area contributed by atoms with Gasteiger partial charge in [-0.15, -0.1) is 0 Å². The molecule has 0 bridgehead atoms. The van der Waals surface area contributed by atoms with Crippen LogP contribution in [0, 0.1) is 6.92 Å². The highest BCUT2D eigenvalue weighted by Gasteiger charge is 2.21. The van der Waals surface area contributed by atoms with Crippen molar-refractivity contribution >= 4 is 11.7 Å². The first-order valence-electron chi connectivity index (χ1n) is 5.23. The summed E-state index contributed by atoms with van der Waals surface area (Å²) in [4.78, 5) is 11.7. The molecule has 1 aliphatic heterocycles. The van der Waals surface area contributed by atoms with Crippen LogP contribution in [0.3, 0.4) is 0 Å². The van der Waals surface area contributed by atoms with Crippen molar-refractivity contribution in [1.29, 1.82) is 0 Å². The van der Waals surface area contributed by atoms with E-state index in [9.17, 15) is 4.79 Å². The first kappa shape index (κ1) is 10.2. The first-order chi connectivity index (χ1) is 7.25. The molecular weight excluding hydrogens is 194 g/mol. The summed E-state index contributed by atoms with van der Waals surface area (Å²) in [5, 5.41) is 9.62. The Bertz CT molecular complexity index is 342. The molecule has 82 valence electrons. The van der Waals surface area contributed by atoms with Crippen molar-refractivity contribution in [1.82, 2.24) is 10.5 Å².